The van der Waals surface area contributed by atoms with Crippen LogP contribution in [0.3, 0.4) is 0 Å². The van der Waals surface area contributed by atoms with E-state index in [1.807, 2.05) is 18.4 Å². The Balaban J connectivity index is 1.98. The first kappa shape index (κ1) is 16.2. The first-order valence-electron chi connectivity index (χ1n) is 6.78. The van der Waals surface area contributed by atoms with Crippen molar-refractivity contribution in [3.8, 4) is 0 Å². The molecule has 2 heterocycles. The molecule has 0 unspecified atom stereocenters. The Morgan fingerprint density at radius 2 is 2.24 bits per heavy atom. The van der Waals surface area contributed by atoms with E-state index in [1.165, 1.54) is 11.3 Å². The lowest BCUT2D eigenvalue weighted by molar-refractivity contribution is 0.575. The van der Waals surface area contributed by atoms with Gasteiger partial charge in [-0.05, 0) is 25.1 Å². The van der Waals surface area contributed by atoms with E-state index in [1.54, 1.807) is 24.8 Å². The molecule has 116 valence electrons. The molecule has 21 heavy (non-hydrogen) atoms. The molecule has 0 spiro atoms. The fraction of sp³-hybridized carbons (Fsp3) is 0.462. The fourth-order valence-corrected chi connectivity index (χ4v) is 4.46. The molecule has 0 aromatic carbocycles. The highest BCUT2D eigenvalue weighted by atomic mass is 32.2. The average molecular weight is 328 g/mol. The maximum atomic E-state index is 12.3. The minimum Gasteiger partial charge on any atom is -0.336 e. The molecule has 0 aliphatic rings. The van der Waals surface area contributed by atoms with Crippen LogP contribution in [0.1, 0.15) is 17.4 Å². The Hall–Kier alpha value is -1.22. The Labute approximate surface area is 129 Å². The smallest absolute Gasteiger partial charge is 0.250 e. The molecule has 0 bridgehead atoms. The second-order valence-electron chi connectivity index (χ2n) is 4.65. The summed E-state index contributed by atoms with van der Waals surface area (Å²) in [4.78, 5) is 4.98. The van der Waals surface area contributed by atoms with Crippen molar-refractivity contribution in [1.29, 1.82) is 0 Å². The molecule has 2 aromatic heterocycles. The zero-order chi connectivity index (χ0) is 15.3. The molecule has 0 saturated heterocycles. The van der Waals surface area contributed by atoms with E-state index in [0.29, 0.717) is 23.8 Å². The van der Waals surface area contributed by atoms with Crippen LogP contribution in [0.15, 0.2) is 29.0 Å². The van der Waals surface area contributed by atoms with E-state index < -0.39 is 10.0 Å². The summed E-state index contributed by atoms with van der Waals surface area (Å²) < 4.78 is 29.3. The van der Waals surface area contributed by atoms with E-state index >= 15 is 0 Å². The van der Waals surface area contributed by atoms with Crippen LogP contribution >= 0.6 is 11.3 Å². The van der Waals surface area contributed by atoms with Gasteiger partial charge in [0.05, 0.1) is 6.33 Å². The highest BCUT2D eigenvalue weighted by Crippen LogP contribution is 2.25. The summed E-state index contributed by atoms with van der Waals surface area (Å²) in [6.45, 7) is 6.44. The normalized spacial score (nSPS) is 11.9. The van der Waals surface area contributed by atoms with Crippen molar-refractivity contribution >= 4 is 21.4 Å². The quantitative estimate of drug-likeness (QED) is 0.767. The van der Waals surface area contributed by atoms with Gasteiger partial charge in [0.2, 0.25) is 10.0 Å². The van der Waals surface area contributed by atoms with Crippen LogP contribution < -0.4 is 10.0 Å². The van der Waals surface area contributed by atoms with Gasteiger partial charge < -0.3 is 9.88 Å². The summed E-state index contributed by atoms with van der Waals surface area (Å²) in [6.07, 6.45) is 5.14. The van der Waals surface area contributed by atoms with Gasteiger partial charge in [0.25, 0.3) is 0 Å². The Morgan fingerprint density at radius 1 is 1.43 bits per heavy atom. The van der Waals surface area contributed by atoms with Crippen molar-refractivity contribution in [2.75, 3.05) is 13.1 Å². The molecule has 0 saturated carbocycles. The van der Waals surface area contributed by atoms with Crippen molar-refractivity contribution in [3.05, 3.63) is 35.2 Å². The zero-order valence-electron chi connectivity index (χ0n) is 12.2. The molecule has 6 nitrogen and oxygen atoms in total. The SMILES string of the molecule is CCNCc1sc(S(=O)(=O)NCCn2ccnc2)cc1C. The van der Waals surface area contributed by atoms with Crippen molar-refractivity contribution < 1.29 is 8.42 Å². The van der Waals surface area contributed by atoms with Gasteiger partial charge >= 0.3 is 0 Å². The number of hydrogen-bond donors (Lipinski definition) is 2. The molecule has 0 atom stereocenters. The van der Waals surface area contributed by atoms with Crippen LogP contribution in [-0.2, 0) is 23.1 Å². The third-order valence-corrected chi connectivity index (χ3v) is 6.19. The van der Waals surface area contributed by atoms with Gasteiger partial charge in [0, 0.05) is 36.9 Å². The third kappa shape index (κ3) is 4.37. The second-order valence-corrected chi connectivity index (χ2v) is 7.78. The number of rotatable bonds is 8. The van der Waals surface area contributed by atoms with Gasteiger partial charge in [-0.3, -0.25) is 0 Å². The molecule has 2 rings (SSSR count). The van der Waals surface area contributed by atoms with Gasteiger partial charge in [0.15, 0.2) is 0 Å². The van der Waals surface area contributed by atoms with E-state index in [-0.39, 0.29) is 0 Å². The van der Waals surface area contributed by atoms with E-state index in [4.69, 9.17) is 0 Å². The maximum Gasteiger partial charge on any atom is 0.250 e. The first-order valence-corrected chi connectivity index (χ1v) is 9.08. The van der Waals surface area contributed by atoms with Gasteiger partial charge in [0.1, 0.15) is 4.21 Å². The topological polar surface area (TPSA) is 76.0 Å². The predicted molar refractivity (Wildman–Crippen MR) is 83.9 cm³/mol. The standard InChI is InChI=1S/C13H20N4O2S2/c1-3-14-9-12-11(2)8-13(20-12)21(18,19)16-5-7-17-6-4-15-10-17/h4,6,8,10,14,16H,3,5,7,9H2,1-2H3. The molecule has 8 heteroatoms. The van der Waals surface area contributed by atoms with Gasteiger partial charge in [-0.1, -0.05) is 6.92 Å². The highest BCUT2D eigenvalue weighted by Gasteiger charge is 2.18. The molecule has 0 radical (unpaired) electrons. The lowest BCUT2D eigenvalue weighted by atomic mass is 10.3. The van der Waals surface area contributed by atoms with Crippen molar-refractivity contribution in [3.63, 3.8) is 0 Å². The minimum atomic E-state index is -3.43. The molecule has 0 aliphatic carbocycles. The van der Waals surface area contributed by atoms with Gasteiger partial charge in [-0.2, -0.15) is 0 Å². The Kier molecular flexibility index (Phi) is 5.51. The van der Waals surface area contributed by atoms with Crippen LogP contribution in [0.25, 0.3) is 0 Å². The average Bonchev–Trinajstić information content (AvgIpc) is 3.06. The number of hydrogen-bond acceptors (Lipinski definition) is 5. The predicted octanol–water partition coefficient (Wildman–Crippen LogP) is 1.34. The number of thiophene rings is 1. The number of nitrogens with zero attached hydrogens (tertiary/aromatic N) is 2. The molecule has 0 fully saturated rings. The van der Waals surface area contributed by atoms with Crippen LogP contribution in [0.5, 0.6) is 0 Å². The fourth-order valence-electron chi connectivity index (χ4n) is 1.83. The summed E-state index contributed by atoms with van der Waals surface area (Å²) in [7, 11) is -3.43. The minimum absolute atomic E-state index is 0.345. The largest absolute Gasteiger partial charge is 0.336 e. The van der Waals surface area contributed by atoms with Crippen LogP contribution in [-0.4, -0.2) is 31.1 Å². The molecular formula is C13H20N4O2S2. The monoisotopic (exact) mass is 328 g/mol. The molecule has 2 N–H and O–H groups in total. The Bertz CT molecular complexity index is 662. The summed E-state index contributed by atoms with van der Waals surface area (Å²) in [5.74, 6) is 0. The summed E-state index contributed by atoms with van der Waals surface area (Å²) in [5.41, 5.74) is 1.01. The molecule has 2 aromatic rings. The number of imidazole rings is 1. The third-order valence-electron chi connectivity index (χ3n) is 3.02. The molecule has 0 amide bonds. The van der Waals surface area contributed by atoms with Crippen LogP contribution in [0.4, 0.5) is 0 Å². The van der Waals surface area contributed by atoms with E-state index in [9.17, 15) is 8.42 Å². The number of aromatic nitrogens is 2. The number of sulfonamides is 1. The summed E-state index contributed by atoms with van der Waals surface area (Å²) in [5, 5.41) is 3.22. The van der Waals surface area contributed by atoms with Crippen LogP contribution in [0, 0.1) is 6.92 Å². The lowest BCUT2D eigenvalue weighted by Crippen LogP contribution is -2.26. The summed E-state index contributed by atoms with van der Waals surface area (Å²) in [6, 6.07) is 1.73. The number of aryl methyl sites for hydroxylation is 1. The van der Waals surface area contributed by atoms with Crippen LogP contribution in [0.2, 0.25) is 0 Å². The maximum absolute atomic E-state index is 12.3. The van der Waals surface area contributed by atoms with E-state index in [0.717, 1.165) is 17.0 Å². The van der Waals surface area contributed by atoms with Crippen molar-refractivity contribution in [2.24, 2.45) is 0 Å². The van der Waals surface area contributed by atoms with Crippen molar-refractivity contribution in [1.82, 2.24) is 19.6 Å². The molecular weight excluding hydrogens is 308 g/mol. The van der Waals surface area contributed by atoms with E-state index in [2.05, 4.69) is 15.0 Å². The second kappa shape index (κ2) is 7.17. The molecule has 0 aliphatic heterocycles. The van der Waals surface area contributed by atoms with Gasteiger partial charge in [-0.15, -0.1) is 11.3 Å². The summed E-state index contributed by atoms with van der Waals surface area (Å²) >= 11 is 1.32. The van der Waals surface area contributed by atoms with Crippen molar-refractivity contribution in [2.45, 2.75) is 31.1 Å². The lowest BCUT2D eigenvalue weighted by Gasteiger charge is -2.05. The highest BCUT2D eigenvalue weighted by molar-refractivity contribution is 7.91. The first-order chi connectivity index (χ1) is 10.0. The van der Waals surface area contributed by atoms with Gasteiger partial charge in [-0.25, -0.2) is 18.1 Å². The Morgan fingerprint density at radius 3 is 2.90 bits per heavy atom. The number of nitrogens with one attached hydrogen (secondary N) is 2. The zero-order valence-corrected chi connectivity index (χ0v) is 13.8.